The molecule has 0 saturated heterocycles. The van der Waals surface area contributed by atoms with Crippen molar-refractivity contribution in [2.24, 2.45) is 11.8 Å². The monoisotopic (exact) mass is 1250 g/mol. The molecule has 0 aliphatic carbocycles. The SMILES string of the molecule is CCCCCCCCCCC(=O)O[C@H](COC(=O)CCCCCCCCC)COP(=O)(O)OC[C@H](O)COP(=O)(O)OC[C@@H](COC(=O)CCCCCCCCCCCCC(C)C)OC(=O)CCCCCCCCCCCCCCCCC(C)C. The highest BCUT2D eigenvalue weighted by Gasteiger charge is 2.30. The van der Waals surface area contributed by atoms with Gasteiger partial charge in [0.15, 0.2) is 12.2 Å². The van der Waals surface area contributed by atoms with Crippen LogP contribution in [0.1, 0.15) is 330 Å². The van der Waals surface area contributed by atoms with Gasteiger partial charge in [-0.25, -0.2) is 9.13 Å². The van der Waals surface area contributed by atoms with Crippen LogP contribution in [0.15, 0.2) is 0 Å². The average molecular weight is 1260 g/mol. The maximum atomic E-state index is 13.0. The fourth-order valence-corrected chi connectivity index (χ4v) is 11.5. The van der Waals surface area contributed by atoms with Gasteiger partial charge in [0.2, 0.25) is 0 Å². The molecule has 504 valence electrons. The number of carbonyl (C=O) groups is 4. The zero-order valence-electron chi connectivity index (χ0n) is 54.9. The molecule has 0 rings (SSSR count). The Balaban J connectivity index is 5.18. The van der Waals surface area contributed by atoms with Crippen LogP contribution in [-0.4, -0.2) is 96.7 Å². The van der Waals surface area contributed by atoms with Crippen molar-refractivity contribution in [2.75, 3.05) is 39.6 Å². The standard InChI is InChI=1S/C66H128O17P2/c1-7-9-11-13-15-31-38-44-50-65(70)82-61(54-76-63(68)48-42-36-28-14-12-10-8-2)56-80-84(72,73)78-52-60(67)53-79-85(74,75)81-57-62(55-77-64(69)49-43-37-32-26-23-22-25-30-35-41-47-59(5)6)83-66(71)51-45-39-33-27-21-19-17-16-18-20-24-29-34-40-46-58(3)4/h58-62,67H,7-57H2,1-6H3,(H,72,73)(H,74,75)/t60-,61+,62+/m0/s1. The lowest BCUT2D eigenvalue weighted by Crippen LogP contribution is -2.30. The fourth-order valence-electron chi connectivity index (χ4n) is 9.88. The van der Waals surface area contributed by atoms with Crippen LogP contribution in [0.4, 0.5) is 0 Å². The summed E-state index contributed by atoms with van der Waals surface area (Å²) < 4.78 is 67.9. The number of hydrogen-bond acceptors (Lipinski definition) is 15. The summed E-state index contributed by atoms with van der Waals surface area (Å²) in [6.07, 6.45) is 41.9. The third kappa shape index (κ3) is 60.7. The van der Waals surface area contributed by atoms with Crippen LogP contribution in [0.25, 0.3) is 0 Å². The fraction of sp³-hybridized carbons (Fsp3) is 0.939. The molecule has 17 nitrogen and oxygen atoms in total. The average Bonchev–Trinajstić information content (AvgIpc) is 3.49. The second-order valence-corrected chi connectivity index (χ2v) is 27.7. The van der Waals surface area contributed by atoms with Gasteiger partial charge in [0.1, 0.15) is 19.3 Å². The van der Waals surface area contributed by atoms with Gasteiger partial charge >= 0.3 is 39.5 Å². The lowest BCUT2D eigenvalue weighted by atomic mass is 10.0. The molecule has 19 heteroatoms. The minimum absolute atomic E-state index is 0.104. The molecule has 0 aliphatic rings. The van der Waals surface area contributed by atoms with Gasteiger partial charge in [-0.15, -0.1) is 0 Å². The first kappa shape index (κ1) is 83.1. The summed E-state index contributed by atoms with van der Waals surface area (Å²) in [6, 6.07) is 0. The van der Waals surface area contributed by atoms with Crippen molar-refractivity contribution >= 4 is 39.5 Å². The maximum absolute atomic E-state index is 13.0. The number of phosphoric acid groups is 2. The number of aliphatic hydroxyl groups is 1. The molecule has 0 aromatic rings. The number of hydrogen-bond donors (Lipinski definition) is 3. The van der Waals surface area contributed by atoms with E-state index in [9.17, 15) is 43.2 Å². The zero-order valence-corrected chi connectivity index (χ0v) is 56.7. The van der Waals surface area contributed by atoms with Gasteiger partial charge in [-0.2, -0.15) is 0 Å². The van der Waals surface area contributed by atoms with Crippen molar-refractivity contribution in [1.29, 1.82) is 0 Å². The molecule has 0 saturated carbocycles. The molecule has 0 aromatic carbocycles. The smallest absolute Gasteiger partial charge is 0.462 e. The molecule has 5 atom stereocenters. The van der Waals surface area contributed by atoms with Crippen molar-refractivity contribution in [1.82, 2.24) is 0 Å². The van der Waals surface area contributed by atoms with Gasteiger partial charge in [-0.05, 0) is 37.5 Å². The van der Waals surface area contributed by atoms with E-state index in [0.717, 1.165) is 121 Å². The van der Waals surface area contributed by atoms with E-state index < -0.39 is 97.5 Å². The molecule has 0 radical (unpaired) electrons. The van der Waals surface area contributed by atoms with E-state index in [2.05, 4.69) is 41.5 Å². The Labute approximate surface area is 517 Å². The van der Waals surface area contributed by atoms with E-state index in [-0.39, 0.29) is 25.7 Å². The first-order valence-corrected chi connectivity index (χ1v) is 37.5. The number of esters is 4. The molecule has 85 heavy (non-hydrogen) atoms. The normalized spacial score (nSPS) is 14.2. The summed E-state index contributed by atoms with van der Waals surface area (Å²) in [5, 5.41) is 10.5. The second-order valence-electron chi connectivity index (χ2n) is 24.8. The summed E-state index contributed by atoms with van der Waals surface area (Å²) in [4.78, 5) is 72.1. The highest BCUT2D eigenvalue weighted by atomic mass is 31.2. The van der Waals surface area contributed by atoms with E-state index in [1.165, 1.54) is 128 Å². The van der Waals surface area contributed by atoms with Crippen molar-refractivity contribution in [3.05, 3.63) is 0 Å². The molecule has 0 aromatic heterocycles. The number of unbranched alkanes of at least 4 members (excludes halogenated alkanes) is 35. The molecule has 0 bridgehead atoms. The molecule has 0 fully saturated rings. The van der Waals surface area contributed by atoms with Gasteiger partial charge in [0.25, 0.3) is 0 Å². The molecular weight excluding hydrogens is 1130 g/mol. The van der Waals surface area contributed by atoms with Crippen molar-refractivity contribution in [3.8, 4) is 0 Å². The second kappa shape index (κ2) is 58.4. The van der Waals surface area contributed by atoms with E-state index in [0.29, 0.717) is 25.7 Å². The van der Waals surface area contributed by atoms with E-state index in [4.69, 9.17) is 37.0 Å². The predicted molar refractivity (Wildman–Crippen MR) is 340 cm³/mol. The highest BCUT2D eigenvalue weighted by Crippen LogP contribution is 2.45. The third-order valence-corrected chi connectivity index (χ3v) is 17.1. The van der Waals surface area contributed by atoms with Crippen molar-refractivity contribution in [3.63, 3.8) is 0 Å². The molecule has 2 unspecified atom stereocenters. The van der Waals surface area contributed by atoms with Gasteiger partial charge in [0.05, 0.1) is 26.4 Å². The molecule has 3 N–H and O–H groups in total. The number of aliphatic hydroxyl groups excluding tert-OH is 1. The van der Waals surface area contributed by atoms with Gasteiger partial charge < -0.3 is 33.8 Å². The summed E-state index contributed by atoms with van der Waals surface area (Å²) in [5.41, 5.74) is 0. The van der Waals surface area contributed by atoms with Crippen LogP contribution in [-0.2, 0) is 65.4 Å². The Morgan fingerprint density at radius 3 is 0.800 bits per heavy atom. The maximum Gasteiger partial charge on any atom is 0.472 e. The Morgan fingerprint density at radius 2 is 0.541 bits per heavy atom. The lowest BCUT2D eigenvalue weighted by molar-refractivity contribution is -0.161. The summed E-state index contributed by atoms with van der Waals surface area (Å²) >= 11 is 0. The van der Waals surface area contributed by atoms with Crippen LogP contribution in [0.3, 0.4) is 0 Å². The minimum Gasteiger partial charge on any atom is -0.462 e. The topological polar surface area (TPSA) is 237 Å². The number of phosphoric ester groups is 2. The lowest BCUT2D eigenvalue weighted by Gasteiger charge is -2.21. The zero-order chi connectivity index (χ0) is 62.9. The largest absolute Gasteiger partial charge is 0.472 e. The molecular formula is C66H128O17P2. The quantitative estimate of drug-likeness (QED) is 0.0222. The molecule has 0 amide bonds. The van der Waals surface area contributed by atoms with Gasteiger partial charge in [0, 0.05) is 25.7 Å². The summed E-state index contributed by atoms with van der Waals surface area (Å²) in [6.45, 7) is 9.46. The Morgan fingerprint density at radius 1 is 0.318 bits per heavy atom. The molecule has 0 aliphatic heterocycles. The number of carbonyl (C=O) groups excluding carboxylic acids is 4. The van der Waals surface area contributed by atoms with E-state index in [1.807, 2.05) is 0 Å². The van der Waals surface area contributed by atoms with E-state index >= 15 is 0 Å². The summed E-state index contributed by atoms with van der Waals surface area (Å²) in [7, 11) is -9.88. The Hall–Kier alpha value is -1.94. The first-order valence-electron chi connectivity index (χ1n) is 34.5. The Kier molecular flexibility index (Phi) is 57.1. The first-order chi connectivity index (χ1) is 40.9. The van der Waals surface area contributed by atoms with Crippen LogP contribution in [0.5, 0.6) is 0 Å². The predicted octanol–water partition coefficient (Wildman–Crippen LogP) is 18.4. The van der Waals surface area contributed by atoms with Crippen LogP contribution >= 0.6 is 15.6 Å². The van der Waals surface area contributed by atoms with E-state index in [1.54, 1.807) is 0 Å². The molecule has 0 spiro atoms. The van der Waals surface area contributed by atoms with Crippen molar-refractivity contribution < 1.29 is 80.2 Å². The van der Waals surface area contributed by atoms with Crippen molar-refractivity contribution in [2.45, 2.75) is 349 Å². The van der Waals surface area contributed by atoms with Gasteiger partial charge in [-0.3, -0.25) is 37.3 Å². The third-order valence-electron chi connectivity index (χ3n) is 15.2. The van der Waals surface area contributed by atoms with Crippen LogP contribution in [0, 0.1) is 11.8 Å². The number of ether oxygens (including phenoxy) is 4. The minimum atomic E-state index is -4.95. The Bertz CT molecular complexity index is 1670. The number of rotatable bonds is 65. The summed E-state index contributed by atoms with van der Waals surface area (Å²) in [5.74, 6) is -0.583. The highest BCUT2D eigenvalue weighted by molar-refractivity contribution is 7.47. The van der Waals surface area contributed by atoms with Crippen LogP contribution < -0.4 is 0 Å². The molecule has 0 heterocycles. The van der Waals surface area contributed by atoms with Crippen LogP contribution in [0.2, 0.25) is 0 Å². The van der Waals surface area contributed by atoms with Gasteiger partial charge in [-0.1, -0.05) is 279 Å².